The van der Waals surface area contributed by atoms with Crippen LogP contribution in [0.2, 0.25) is 0 Å². The van der Waals surface area contributed by atoms with Gasteiger partial charge in [-0.3, -0.25) is 0 Å². The molecular formula is C18H22N2OS. The van der Waals surface area contributed by atoms with Crippen molar-refractivity contribution in [3.8, 4) is 5.75 Å². The smallest absolute Gasteiger partial charge is 0.159 e. The molecule has 0 saturated heterocycles. The van der Waals surface area contributed by atoms with E-state index in [0.717, 1.165) is 22.8 Å². The van der Waals surface area contributed by atoms with E-state index in [-0.39, 0.29) is 0 Å². The number of nitrogens with two attached hydrogens (primary N) is 1. The second-order valence-electron chi connectivity index (χ2n) is 5.25. The Hall–Kier alpha value is -1.94. The van der Waals surface area contributed by atoms with Crippen LogP contribution < -0.4 is 10.5 Å². The topological polar surface area (TPSA) is 47.6 Å². The third kappa shape index (κ3) is 5.11. The average Bonchev–Trinajstić information content (AvgIpc) is 2.49. The lowest BCUT2D eigenvalue weighted by molar-refractivity contribution is 0.344. The van der Waals surface area contributed by atoms with Crippen molar-refractivity contribution in [2.24, 2.45) is 10.7 Å². The van der Waals surface area contributed by atoms with Crippen molar-refractivity contribution in [3.63, 3.8) is 0 Å². The first-order valence-corrected chi connectivity index (χ1v) is 8.27. The first kappa shape index (κ1) is 16.4. The standard InChI is InChI=1S/C18H22N2OS/c1-13-5-8-16(9-6-13)21-10-11-22-18(19)20-17-12-14(2)4-7-15(17)3/h4-9,12H,10-11H2,1-3H3,(H2,19,20). The van der Waals surface area contributed by atoms with E-state index < -0.39 is 0 Å². The van der Waals surface area contributed by atoms with Crippen LogP contribution in [0, 0.1) is 20.8 Å². The number of hydrogen-bond donors (Lipinski definition) is 1. The van der Waals surface area contributed by atoms with Crippen LogP contribution in [0.4, 0.5) is 5.69 Å². The van der Waals surface area contributed by atoms with Crippen LogP contribution >= 0.6 is 11.8 Å². The van der Waals surface area contributed by atoms with Crippen LogP contribution in [-0.4, -0.2) is 17.5 Å². The quantitative estimate of drug-likeness (QED) is 0.506. The van der Waals surface area contributed by atoms with Gasteiger partial charge in [0.05, 0.1) is 12.3 Å². The SMILES string of the molecule is Cc1ccc(OCCSC(N)=Nc2cc(C)ccc2C)cc1. The van der Waals surface area contributed by atoms with Gasteiger partial charge in [-0.2, -0.15) is 0 Å². The Bertz CT molecular complexity index is 651. The minimum atomic E-state index is 0.571. The van der Waals surface area contributed by atoms with Gasteiger partial charge in [-0.15, -0.1) is 0 Å². The van der Waals surface area contributed by atoms with Crippen LogP contribution in [0.3, 0.4) is 0 Å². The molecule has 0 unspecified atom stereocenters. The molecule has 0 aliphatic carbocycles. The molecule has 0 spiro atoms. The van der Waals surface area contributed by atoms with E-state index in [1.165, 1.54) is 22.9 Å². The second kappa shape index (κ2) is 7.90. The van der Waals surface area contributed by atoms with Gasteiger partial charge < -0.3 is 10.5 Å². The van der Waals surface area contributed by atoms with E-state index in [2.05, 4.69) is 31.0 Å². The summed E-state index contributed by atoms with van der Waals surface area (Å²) < 4.78 is 5.67. The van der Waals surface area contributed by atoms with Gasteiger partial charge in [0.15, 0.2) is 5.17 Å². The highest BCUT2D eigenvalue weighted by Crippen LogP contribution is 2.21. The molecule has 0 atom stereocenters. The summed E-state index contributed by atoms with van der Waals surface area (Å²) in [5.41, 5.74) is 10.5. The molecule has 0 saturated carbocycles. The van der Waals surface area contributed by atoms with Crippen molar-refractivity contribution in [3.05, 3.63) is 59.2 Å². The molecule has 4 heteroatoms. The monoisotopic (exact) mass is 314 g/mol. The van der Waals surface area contributed by atoms with Crippen molar-refractivity contribution in [1.82, 2.24) is 0 Å². The predicted octanol–water partition coefficient (Wildman–Crippen LogP) is 4.37. The number of thioether (sulfide) groups is 1. The zero-order valence-corrected chi connectivity index (χ0v) is 14.1. The lowest BCUT2D eigenvalue weighted by atomic mass is 10.1. The van der Waals surface area contributed by atoms with Crippen molar-refractivity contribution >= 4 is 22.6 Å². The van der Waals surface area contributed by atoms with Crippen molar-refractivity contribution in [1.29, 1.82) is 0 Å². The summed E-state index contributed by atoms with van der Waals surface area (Å²) in [6, 6.07) is 14.2. The Balaban J connectivity index is 1.82. The normalized spacial score (nSPS) is 11.5. The van der Waals surface area contributed by atoms with Gasteiger partial charge in [0.1, 0.15) is 5.75 Å². The highest BCUT2D eigenvalue weighted by atomic mass is 32.2. The van der Waals surface area contributed by atoms with Crippen LogP contribution in [-0.2, 0) is 0 Å². The zero-order chi connectivity index (χ0) is 15.9. The number of nitrogens with zero attached hydrogens (tertiary/aromatic N) is 1. The highest BCUT2D eigenvalue weighted by Gasteiger charge is 2.00. The fourth-order valence-electron chi connectivity index (χ4n) is 1.93. The number of rotatable bonds is 5. The zero-order valence-electron chi connectivity index (χ0n) is 13.3. The number of aryl methyl sites for hydroxylation is 3. The van der Waals surface area contributed by atoms with Gasteiger partial charge in [0, 0.05) is 5.75 Å². The molecule has 0 amide bonds. The maximum Gasteiger partial charge on any atom is 0.159 e. The Morgan fingerprint density at radius 3 is 2.45 bits per heavy atom. The van der Waals surface area contributed by atoms with Crippen LogP contribution in [0.15, 0.2) is 47.5 Å². The lowest BCUT2D eigenvalue weighted by Gasteiger charge is -2.07. The van der Waals surface area contributed by atoms with E-state index in [0.29, 0.717) is 11.8 Å². The molecule has 3 nitrogen and oxygen atoms in total. The summed E-state index contributed by atoms with van der Waals surface area (Å²) in [6.07, 6.45) is 0. The Morgan fingerprint density at radius 2 is 1.73 bits per heavy atom. The molecule has 2 aromatic carbocycles. The van der Waals surface area contributed by atoms with Gasteiger partial charge >= 0.3 is 0 Å². The summed E-state index contributed by atoms with van der Waals surface area (Å²) in [7, 11) is 0. The third-order valence-electron chi connectivity index (χ3n) is 3.22. The Morgan fingerprint density at radius 1 is 1.05 bits per heavy atom. The number of amidine groups is 1. The number of ether oxygens (including phenoxy) is 1. The van der Waals surface area contributed by atoms with Crippen molar-refractivity contribution < 1.29 is 4.74 Å². The first-order valence-electron chi connectivity index (χ1n) is 7.28. The molecule has 2 rings (SSSR count). The van der Waals surface area contributed by atoms with Crippen LogP contribution in [0.25, 0.3) is 0 Å². The fourth-order valence-corrected chi connectivity index (χ4v) is 2.47. The van der Waals surface area contributed by atoms with Gasteiger partial charge in [0.25, 0.3) is 0 Å². The third-order valence-corrected chi connectivity index (χ3v) is 3.98. The number of benzene rings is 2. The predicted molar refractivity (Wildman–Crippen MR) is 96.3 cm³/mol. The van der Waals surface area contributed by atoms with Crippen molar-refractivity contribution in [2.45, 2.75) is 20.8 Å². The lowest BCUT2D eigenvalue weighted by Crippen LogP contribution is -2.10. The molecule has 116 valence electrons. The van der Waals surface area contributed by atoms with Gasteiger partial charge in [-0.25, -0.2) is 4.99 Å². The van der Waals surface area contributed by atoms with Crippen molar-refractivity contribution in [2.75, 3.05) is 12.4 Å². The largest absolute Gasteiger partial charge is 0.493 e. The fraction of sp³-hybridized carbons (Fsp3) is 0.278. The molecule has 2 aromatic rings. The highest BCUT2D eigenvalue weighted by molar-refractivity contribution is 8.13. The van der Waals surface area contributed by atoms with Gasteiger partial charge in [-0.05, 0) is 50.1 Å². The molecular weight excluding hydrogens is 292 g/mol. The van der Waals surface area contributed by atoms with E-state index in [1.54, 1.807) is 0 Å². The first-order chi connectivity index (χ1) is 10.5. The summed E-state index contributed by atoms with van der Waals surface area (Å²) >= 11 is 1.51. The molecule has 0 aliphatic heterocycles. The summed E-state index contributed by atoms with van der Waals surface area (Å²) in [6.45, 7) is 6.76. The summed E-state index contributed by atoms with van der Waals surface area (Å²) in [4.78, 5) is 4.48. The molecule has 0 fully saturated rings. The second-order valence-corrected chi connectivity index (χ2v) is 6.37. The van der Waals surface area contributed by atoms with E-state index in [1.807, 2.05) is 37.3 Å². The number of aliphatic imine (C=N–C) groups is 1. The summed E-state index contributed by atoms with van der Waals surface area (Å²) in [5.74, 6) is 1.66. The number of hydrogen-bond acceptors (Lipinski definition) is 3. The maximum atomic E-state index is 5.98. The van der Waals surface area contributed by atoms with Gasteiger partial charge in [-0.1, -0.05) is 41.6 Å². The molecule has 0 aliphatic rings. The van der Waals surface area contributed by atoms with Crippen LogP contribution in [0.5, 0.6) is 5.75 Å². The van der Waals surface area contributed by atoms with Gasteiger partial charge in [0.2, 0.25) is 0 Å². The van der Waals surface area contributed by atoms with E-state index >= 15 is 0 Å². The molecule has 2 N–H and O–H groups in total. The van der Waals surface area contributed by atoms with E-state index in [9.17, 15) is 0 Å². The average molecular weight is 314 g/mol. The molecule has 0 aromatic heterocycles. The Kier molecular flexibility index (Phi) is 5.90. The molecule has 22 heavy (non-hydrogen) atoms. The minimum absolute atomic E-state index is 0.571. The molecule has 0 bridgehead atoms. The molecule has 0 radical (unpaired) electrons. The Labute approximate surface area is 136 Å². The minimum Gasteiger partial charge on any atom is -0.493 e. The molecule has 0 heterocycles. The summed E-state index contributed by atoms with van der Waals surface area (Å²) in [5, 5.41) is 0.571. The van der Waals surface area contributed by atoms with E-state index in [4.69, 9.17) is 10.5 Å². The maximum absolute atomic E-state index is 5.98. The van der Waals surface area contributed by atoms with Crippen LogP contribution in [0.1, 0.15) is 16.7 Å².